The molecule has 5 N–H and O–H groups in total. The van der Waals surface area contributed by atoms with E-state index in [1.54, 1.807) is 36.4 Å². The Hall–Kier alpha value is -3.27. The Labute approximate surface area is 200 Å². The van der Waals surface area contributed by atoms with Crippen LogP contribution in [0.1, 0.15) is 34.2 Å². The molecule has 0 aliphatic carbocycles. The number of rotatable bonds is 12. The minimum absolute atomic E-state index is 0.180. The van der Waals surface area contributed by atoms with Crippen LogP contribution in [0.15, 0.2) is 36.4 Å². The van der Waals surface area contributed by atoms with E-state index in [0.29, 0.717) is 62.9 Å². The van der Waals surface area contributed by atoms with Crippen molar-refractivity contribution >= 4 is 0 Å². The van der Waals surface area contributed by atoms with E-state index in [4.69, 9.17) is 0 Å². The van der Waals surface area contributed by atoms with E-state index >= 15 is 0 Å². The quantitative estimate of drug-likeness (QED) is 0.256. The highest BCUT2D eigenvalue weighted by atomic mass is 16.3. The lowest BCUT2D eigenvalue weighted by atomic mass is 10.2. The van der Waals surface area contributed by atoms with Crippen molar-refractivity contribution in [2.75, 3.05) is 26.2 Å². The van der Waals surface area contributed by atoms with Gasteiger partial charge in [0.05, 0.1) is 17.1 Å². The number of hydrogen-bond donors (Lipinski definition) is 5. The van der Waals surface area contributed by atoms with E-state index in [1.165, 1.54) is 0 Å². The fourth-order valence-electron chi connectivity index (χ4n) is 3.56. The summed E-state index contributed by atoms with van der Waals surface area (Å²) in [5.41, 5.74) is 4.45. The largest absolute Gasteiger partial charge is 0.506 e. The second-order valence-corrected chi connectivity index (χ2v) is 8.39. The summed E-state index contributed by atoms with van der Waals surface area (Å²) < 4.78 is 0. The first-order chi connectivity index (χ1) is 16.3. The van der Waals surface area contributed by atoms with Gasteiger partial charge < -0.3 is 26.0 Å². The highest BCUT2D eigenvalue weighted by Gasteiger charge is 2.12. The predicted molar refractivity (Wildman–Crippen MR) is 131 cm³/mol. The Bertz CT molecular complexity index is 1030. The van der Waals surface area contributed by atoms with Crippen LogP contribution in [0.3, 0.4) is 0 Å². The van der Waals surface area contributed by atoms with Gasteiger partial charge in [-0.25, -0.2) is 0 Å². The van der Waals surface area contributed by atoms with Gasteiger partial charge in [-0.3, -0.25) is 19.9 Å². The molecule has 0 aliphatic heterocycles. The molecular formula is C25H34N6O3. The zero-order valence-corrected chi connectivity index (χ0v) is 20.0. The van der Waals surface area contributed by atoms with Gasteiger partial charge in [-0.05, 0) is 57.2 Å². The van der Waals surface area contributed by atoms with Crippen LogP contribution in [0.2, 0.25) is 0 Å². The maximum absolute atomic E-state index is 10.2. The number of aryl methyl sites for hydroxylation is 3. The van der Waals surface area contributed by atoms with Crippen molar-refractivity contribution in [3.8, 4) is 17.2 Å². The van der Waals surface area contributed by atoms with Crippen LogP contribution in [0, 0.1) is 20.8 Å². The number of aromatic nitrogens is 3. The number of pyridine rings is 3. The molecule has 0 spiro atoms. The Morgan fingerprint density at radius 2 is 1.00 bits per heavy atom. The van der Waals surface area contributed by atoms with Crippen LogP contribution in [-0.4, -0.2) is 61.4 Å². The SMILES string of the molecule is Cc1ccc(O)c(CNCCN(CCNCc2nc(C)ccc2O)Cc2nc(C)ccc2O)n1. The van der Waals surface area contributed by atoms with Crippen LogP contribution >= 0.6 is 0 Å². The monoisotopic (exact) mass is 466 g/mol. The molecule has 0 atom stereocenters. The maximum atomic E-state index is 10.2. The zero-order valence-electron chi connectivity index (χ0n) is 20.0. The summed E-state index contributed by atoms with van der Waals surface area (Å²) in [6.45, 7) is 9.86. The van der Waals surface area contributed by atoms with Crippen molar-refractivity contribution in [1.82, 2.24) is 30.5 Å². The van der Waals surface area contributed by atoms with Crippen molar-refractivity contribution in [3.05, 3.63) is 70.6 Å². The summed E-state index contributed by atoms with van der Waals surface area (Å²) in [4.78, 5) is 15.4. The molecule has 182 valence electrons. The Morgan fingerprint density at radius 3 is 1.44 bits per heavy atom. The normalized spacial score (nSPS) is 11.3. The van der Waals surface area contributed by atoms with Crippen molar-refractivity contribution in [1.29, 1.82) is 0 Å². The highest BCUT2D eigenvalue weighted by Crippen LogP contribution is 2.17. The van der Waals surface area contributed by atoms with Crippen LogP contribution in [-0.2, 0) is 19.6 Å². The maximum Gasteiger partial charge on any atom is 0.138 e. The summed E-state index contributed by atoms with van der Waals surface area (Å²) >= 11 is 0. The number of nitrogens with zero attached hydrogens (tertiary/aromatic N) is 4. The molecule has 0 saturated heterocycles. The van der Waals surface area contributed by atoms with Crippen molar-refractivity contribution < 1.29 is 15.3 Å². The fraction of sp³-hybridized carbons (Fsp3) is 0.400. The molecule has 3 heterocycles. The smallest absolute Gasteiger partial charge is 0.138 e. The van der Waals surface area contributed by atoms with Crippen LogP contribution < -0.4 is 10.6 Å². The molecule has 0 radical (unpaired) electrons. The average Bonchev–Trinajstić information content (AvgIpc) is 2.80. The summed E-state index contributed by atoms with van der Waals surface area (Å²) in [5, 5.41) is 36.9. The van der Waals surface area contributed by atoms with Crippen molar-refractivity contribution in [2.24, 2.45) is 0 Å². The Kier molecular flexibility index (Phi) is 9.15. The lowest BCUT2D eigenvalue weighted by Gasteiger charge is -2.23. The standard InChI is InChI=1S/C25H34N6O3/c1-17-4-7-23(32)20(28-17)14-26-10-12-31(16-22-25(34)9-6-19(3)30-22)13-11-27-15-21-24(33)8-5-18(2)29-21/h4-9,26-27,32-34H,10-16H2,1-3H3. The molecule has 0 saturated carbocycles. The summed E-state index contributed by atoms with van der Waals surface area (Å²) in [6.07, 6.45) is 0. The lowest BCUT2D eigenvalue weighted by Crippen LogP contribution is -2.36. The number of aromatic hydroxyl groups is 3. The summed E-state index contributed by atoms with van der Waals surface area (Å²) in [5.74, 6) is 0.543. The minimum Gasteiger partial charge on any atom is -0.506 e. The number of hydrogen-bond acceptors (Lipinski definition) is 9. The van der Waals surface area contributed by atoms with Gasteiger partial charge in [0, 0.05) is 62.9 Å². The molecule has 9 nitrogen and oxygen atoms in total. The van der Waals surface area contributed by atoms with Crippen LogP contribution in [0.5, 0.6) is 17.2 Å². The van der Waals surface area contributed by atoms with E-state index in [-0.39, 0.29) is 17.2 Å². The van der Waals surface area contributed by atoms with Gasteiger partial charge in [-0.2, -0.15) is 0 Å². The summed E-state index contributed by atoms with van der Waals surface area (Å²) in [6, 6.07) is 10.3. The molecule has 9 heteroatoms. The summed E-state index contributed by atoms with van der Waals surface area (Å²) in [7, 11) is 0. The van der Waals surface area contributed by atoms with Gasteiger partial charge in [-0.1, -0.05) is 0 Å². The van der Waals surface area contributed by atoms with Gasteiger partial charge in [0.15, 0.2) is 0 Å². The topological polar surface area (TPSA) is 127 Å². The first-order valence-corrected chi connectivity index (χ1v) is 11.4. The number of nitrogens with one attached hydrogen (secondary N) is 2. The molecular weight excluding hydrogens is 432 g/mol. The highest BCUT2D eigenvalue weighted by molar-refractivity contribution is 5.29. The lowest BCUT2D eigenvalue weighted by molar-refractivity contribution is 0.256. The van der Waals surface area contributed by atoms with Crippen molar-refractivity contribution in [2.45, 2.75) is 40.4 Å². The predicted octanol–water partition coefficient (Wildman–Crippen LogP) is 2.30. The first-order valence-electron chi connectivity index (χ1n) is 11.4. The van der Waals surface area contributed by atoms with Crippen molar-refractivity contribution in [3.63, 3.8) is 0 Å². The van der Waals surface area contributed by atoms with E-state index in [1.807, 2.05) is 20.8 Å². The third-order valence-electron chi connectivity index (χ3n) is 5.44. The fourth-order valence-corrected chi connectivity index (χ4v) is 3.56. The van der Waals surface area contributed by atoms with Gasteiger partial charge in [0.2, 0.25) is 0 Å². The zero-order chi connectivity index (χ0) is 24.5. The molecule has 0 aromatic carbocycles. The van der Waals surface area contributed by atoms with Gasteiger partial charge in [-0.15, -0.1) is 0 Å². The first kappa shape index (κ1) is 25.4. The van der Waals surface area contributed by atoms with Crippen LogP contribution in [0.4, 0.5) is 0 Å². The van der Waals surface area contributed by atoms with E-state index in [2.05, 4.69) is 30.5 Å². The minimum atomic E-state index is 0.180. The van der Waals surface area contributed by atoms with Gasteiger partial charge in [0.25, 0.3) is 0 Å². The Morgan fingerprint density at radius 1 is 0.618 bits per heavy atom. The molecule has 3 aromatic heterocycles. The average molecular weight is 467 g/mol. The molecule has 0 aliphatic rings. The second-order valence-electron chi connectivity index (χ2n) is 8.39. The third kappa shape index (κ3) is 7.65. The molecule has 3 rings (SSSR count). The molecule has 3 aromatic rings. The van der Waals surface area contributed by atoms with Crippen LogP contribution in [0.25, 0.3) is 0 Å². The molecule has 34 heavy (non-hydrogen) atoms. The molecule has 0 amide bonds. The molecule has 0 fully saturated rings. The molecule has 0 bridgehead atoms. The Balaban J connectivity index is 1.55. The van der Waals surface area contributed by atoms with E-state index in [9.17, 15) is 15.3 Å². The second kappa shape index (κ2) is 12.3. The van der Waals surface area contributed by atoms with Gasteiger partial charge in [0.1, 0.15) is 17.2 Å². The van der Waals surface area contributed by atoms with E-state index < -0.39 is 0 Å². The molecule has 0 unspecified atom stereocenters. The van der Waals surface area contributed by atoms with E-state index in [0.717, 1.165) is 17.1 Å². The third-order valence-corrected chi connectivity index (χ3v) is 5.44. The van der Waals surface area contributed by atoms with Gasteiger partial charge >= 0.3 is 0 Å².